The highest BCUT2D eigenvalue weighted by molar-refractivity contribution is 5.76. The summed E-state index contributed by atoms with van der Waals surface area (Å²) in [6.45, 7) is 3.98. The van der Waals surface area contributed by atoms with E-state index in [0.29, 0.717) is 5.52 Å². The van der Waals surface area contributed by atoms with Gasteiger partial charge in [0.15, 0.2) is 11.0 Å². The topological polar surface area (TPSA) is 18.0 Å². The van der Waals surface area contributed by atoms with Crippen molar-refractivity contribution >= 4 is 11.0 Å². The third-order valence-electron chi connectivity index (χ3n) is 4.45. The van der Waals surface area contributed by atoms with Gasteiger partial charge < -0.3 is 17.1 Å². The van der Waals surface area contributed by atoms with Crippen LogP contribution in [0, 0.1) is 13.8 Å². The summed E-state index contributed by atoms with van der Waals surface area (Å²) in [5.74, 6) is -0.246. The van der Waals surface area contributed by atoms with Gasteiger partial charge in [-0.2, -0.15) is 9.13 Å². The molecule has 3 nitrogen and oxygen atoms in total. The Bertz CT molecular complexity index is 1130. The van der Waals surface area contributed by atoms with Crippen molar-refractivity contribution in [2.24, 2.45) is 0 Å². The fraction of sp³-hybridized carbons (Fsp3) is 0.136. The molecular formula is C22H18ClF3N2O. The van der Waals surface area contributed by atoms with E-state index in [-0.39, 0.29) is 18.2 Å². The minimum absolute atomic E-state index is 0. The van der Waals surface area contributed by atoms with Crippen LogP contribution in [0.25, 0.3) is 22.4 Å². The highest BCUT2D eigenvalue weighted by Crippen LogP contribution is 2.28. The van der Waals surface area contributed by atoms with E-state index in [2.05, 4.69) is 10.8 Å². The number of halogens is 4. The van der Waals surface area contributed by atoms with Crippen LogP contribution in [0.3, 0.4) is 0 Å². The number of hydrogen-bond acceptors (Lipinski definition) is 1. The van der Waals surface area contributed by atoms with Gasteiger partial charge in [-0.3, -0.25) is 0 Å². The van der Waals surface area contributed by atoms with Crippen LogP contribution in [0.15, 0.2) is 73.1 Å². The Labute approximate surface area is 172 Å². The maximum absolute atomic E-state index is 12.7. The van der Waals surface area contributed by atoms with Gasteiger partial charge in [0.1, 0.15) is 17.1 Å². The van der Waals surface area contributed by atoms with Gasteiger partial charge in [0.2, 0.25) is 0 Å². The molecule has 0 saturated carbocycles. The number of alkyl halides is 3. The Hall–Kier alpha value is -2.99. The molecule has 3 aromatic carbocycles. The predicted molar refractivity (Wildman–Crippen MR) is 101 cm³/mol. The summed E-state index contributed by atoms with van der Waals surface area (Å²) < 4.78 is 46.1. The smallest absolute Gasteiger partial charge is 0.573 e. The molecule has 0 aliphatic carbocycles. The molecule has 29 heavy (non-hydrogen) atoms. The molecule has 0 radical (unpaired) electrons. The Balaban J connectivity index is 0.00000240. The van der Waals surface area contributed by atoms with Crippen molar-refractivity contribution in [1.82, 2.24) is 4.57 Å². The highest BCUT2D eigenvalue weighted by Gasteiger charge is 2.32. The highest BCUT2D eigenvalue weighted by atomic mass is 35.5. The maximum Gasteiger partial charge on any atom is 0.573 e. The summed E-state index contributed by atoms with van der Waals surface area (Å²) in [6, 6.07) is 20.1. The zero-order chi connectivity index (χ0) is 19.9. The van der Waals surface area contributed by atoms with Crippen molar-refractivity contribution in [3.63, 3.8) is 0 Å². The Morgan fingerprint density at radius 1 is 0.862 bits per heavy atom. The minimum atomic E-state index is -4.74. The first kappa shape index (κ1) is 20.7. The monoisotopic (exact) mass is 418 g/mol. The Kier molecular flexibility index (Phi) is 5.57. The summed E-state index contributed by atoms with van der Waals surface area (Å²) in [5, 5.41) is 0. The van der Waals surface area contributed by atoms with E-state index in [1.165, 1.54) is 12.1 Å². The number of fused-ring (bicyclic) bond motifs is 1. The molecule has 0 unspecified atom stereocenters. The summed E-state index contributed by atoms with van der Waals surface area (Å²) in [4.78, 5) is 0. The van der Waals surface area contributed by atoms with E-state index >= 15 is 0 Å². The summed E-state index contributed by atoms with van der Waals surface area (Å²) in [7, 11) is 0. The number of aryl methyl sites for hydroxylation is 2. The van der Waals surface area contributed by atoms with Crippen molar-refractivity contribution < 1.29 is 34.9 Å². The molecule has 0 aliphatic heterocycles. The van der Waals surface area contributed by atoms with Gasteiger partial charge in [-0.15, -0.1) is 13.2 Å². The molecule has 4 rings (SSSR count). The molecule has 0 N–H and O–H groups in total. The van der Waals surface area contributed by atoms with Gasteiger partial charge >= 0.3 is 6.36 Å². The second-order valence-electron chi connectivity index (χ2n) is 6.74. The zero-order valence-electron chi connectivity index (χ0n) is 15.7. The third-order valence-corrected chi connectivity index (χ3v) is 4.45. The Morgan fingerprint density at radius 2 is 1.52 bits per heavy atom. The first-order valence-corrected chi connectivity index (χ1v) is 8.77. The van der Waals surface area contributed by atoms with Crippen LogP contribution < -0.4 is 21.7 Å². The molecule has 0 spiro atoms. The number of nitrogens with zero attached hydrogens (tertiary/aromatic N) is 2. The van der Waals surface area contributed by atoms with Crippen molar-refractivity contribution in [3.8, 4) is 17.1 Å². The number of ether oxygens (including phenoxy) is 1. The van der Waals surface area contributed by atoms with Gasteiger partial charge in [-0.05, 0) is 61.4 Å². The Morgan fingerprint density at radius 3 is 2.14 bits per heavy atom. The first-order chi connectivity index (χ1) is 13.3. The largest absolute Gasteiger partial charge is 1.00 e. The van der Waals surface area contributed by atoms with E-state index in [9.17, 15) is 13.2 Å². The zero-order valence-corrected chi connectivity index (χ0v) is 16.5. The molecule has 0 bridgehead atoms. The first-order valence-electron chi connectivity index (χ1n) is 8.77. The lowest BCUT2D eigenvalue weighted by Gasteiger charge is -2.08. The standard InChI is InChI=1S/C22H18F3N2O.ClH/c1-15-10-16(2)12-18(11-15)27-14-26(17-6-4-3-5-7-17)20-9-8-19(13-21(20)27)28-22(23,24)25;/h3-14H,1-2H3;1H/q+1;/p-1. The van der Waals surface area contributed by atoms with Crippen LogP contribution in [0.2, 0.25) is 0 Å². The van der Waals surface area contributed by atoms with E-state index in [1.54, 1.807) is 6.07 Å². The summed E-state index contributed by atoms with van der Waals surface area (Å²) >= 11 is 0. The lowest BCUT2D eigenvalue weighted by atomic mass is 10.1. The molecule has 4 aromatic rings. The molecule has 0 atom stereocenters. The molecule has 0 aliphatic rings. The number of imidazole rings is 1. The van der Waals surface area contributed by atoms with Crippen molar-refractivity contribution in [3.05, 3.63) is 84.2 Å². The summed E-state index contributed by atoms with van der Waals surface area (Å²) in [6.07, 6.45) is -2.86. The number of para-hydroxylation sites is 1. The van der Waals surface area contributed by atoms with Crippen LogP contribution >= 0.6 is 0 Å². The van der Waals surface area contributed by atoms with Gasteiger partial charge in [-0.1, -0.05) is 24.3 Å². The average molecular weight is 419 g/mol. The van der Waals surface area contributed by atoms with E-state index in [4.69, 9.17) is 0 Å². The van der Waals surface area contributed by atoms with Gasteiger partial charge in [-0.25, -0.2) is 0 Å². The molecular weight excluding hydrogens is 401 g/mol. The van der Waals surface area contributed by atoms with Crippen molar-refractivity contribution in [2.75, 3.05) is 0 Å². The molecule has 0 saturated heterocycles. The maximum atomic E-state index is 12.7. The number of hydrogen-bond donors (Lipinski definition) is 0. The van der Waals surface area contributed by atoms with E-state index < -0.39 is 6.36 Å². The fourth-order valence-corrected chi connectivity index (χ4v) is 3.43. The molecule has 7 heteroatoms. The van der Waals surface area contributed by atoms with Crippen LogP contribution in [0.5, 0.6) is 5.75 Å². The van der Waals surface area contributed by atoms with E-state index in [0.717, 1.165) is 28.0 Å². The molecule has 1 heterocycles. The van der Waals surface area contributed by atoms with E-state index in [1.807, 2.05) is 71.8 Å². The normalized spacial score (nSPS) is 11.3. The second-order valence-corrected chi connectivity index (χ2v) is 6.74. The van der Waals surface area contributed by atoms with Crippen LogP contribution in [0.1, 0.15) is 11.1 Å². The molecule has 0 fully saturated rings. The SMILES string of the molecule is Cc1cc(C)cc(-n2c[n+](-c3ccccc3)c3ccc(OC(F)(F)F)cc32)c1.[Cl-]. The third kappa shape index (κ3) is 4.38. The fourth-order valence-electron chi connectivity index (χ4n) is 3.43. The van der Waals surface area contributed by atoms with Gasteiger partial charge in [0.05, 0.1) is 0 Å². The van der Waals surface area contributed by atoms with Crippen molar-refractivity contribution in [1.29, 1.82) is 0 Å². The molecule has 0 amide bonds. The second kappa shape index (κ2) is 7.79. The van der Waals surface area contributed by atoms with Gasteiger partial charge in [0, 0.05) is 6.07 Å². The molecule has 1 aromatic heterocycles. The van der Waals surface area contributed by atoms with Crippen LogP contribution in [-0.4, -0.2) is 10.9 Å². The minimum Gasteiger partial charge on any atom is -1.00 e. The summed E-state index contributed by atoms with van der Waals surface area (Å²) in [5.41, 5.74) is 5.34. The van der Waals surface area contributed by atoms with Crippen molar-refractivity contribution in [2.45, 2.75) is 20.2 Å². The van der Waals surface area contributed by atoms with Crippen LogP contribution in [0.4, 0.5) is 13.2 Å². The lowest BCUT2D eigenvalue weighted by molar-refractivity contribution is -0.567. The number of benzene rings is 3. The lowest BCUT2D eigenvalue weighted by Crippen LogP contribution is -3.00. The quantitative estimate of drug-likeness (QED) is 0.467. The number of rotatable bonds is 3. The average Bonchev–Trinajstić information content (AvgIpc) is 2.99. The predicted octanol–water partition coefficient (Wildman–Crippen LogP) is 2.43. The number of aromatic nitrogens is 2. The van der Waals surface area contributed by atoms with Gasteiger partial charge in [0.25, 0.3) is 6.33 Å². The van der Waals surface area contributed by atoms with Crippen LogP contribution in [-0.2, 0) is 0 Å². The molecule has 150 valence electrons.